The molecule has 0 saturated carbocycles. The Balaban J connectivity index is 2.89. The molecule has 0 aliphatic carbocycles. The molecular weight excluding hydrogens is 210 g/mol. The van der Waals surface area contributed by atoms with Crippen molar-refractivity contribution in [3.05, 3.63) is 35.4 Å². The van der Waals surface area contributed by atoms with E-state index in [0.717, 1.165) is 6.54 Å². The topological polar surface area (TPSA) is 53.0 Å². The number of hydrogen-bond donors (Lipinski definition) is 1. The fourth-order valence-corrected chi connectivity index (χ4v) is 2.18. The molecule has 92 valence electrons. The van der Waals surface area contributed by atoms with Crippen LogP contribution < -0.4 is 5.73 Å². The lowest BCUT2D eigenvalue weighted by molar-refractivity contribution is 0.223. The lowest BCUT2D eigenvalue weighted by Gasteiger charge is -2.31. The summed E-state index contributed by atoms with van der Waals surface area (Å²) in [6.07, 6.45) is 0.533. The van der Waals surface area contributed by atoms with E-state index in [-0.39, 0.29) is 12.1 Å². The SMILES string of the molecule is Cc1cccc(C(C(C)N)N(C)CCC#N)c1. The molecule has 0 heterocycles. The second-order valence-corrected chi connectivity index (χ2v) is 4.61. The summed E-state index contributed by atoms with van der Waals surface area (Å²) in [7, 11) is 2.02. The molecule has 2 atom stereocenters. The summed E-state index contributed by atoms with van der Waals surface area (Å²) in [4.78, 5) is 2.16. The Morgan fingerprint density at radius 1 is 1.47 bits per heavy atom. The third kappa shape index (κ3) is 3.85. The van der Waals surface area contributed by atoms with Crippen LogP contribution in [0.2, 0.25) is 0 Å². The van der Waals surface area contributed by atoms with E-state index in [1.54, 1.807) is 0 Å². The van der Waals surface area contributed by atoms with E-state index in [1.165, 1.54) is 11.1 Å². The Bertz CT molecular complexity index is 393. The van der Waals surface area contributed by atoms with Gasteiger partial charge in [-0.3, -0.25) is 4.90 Å². The molecule has 0 fully saturated rings. The third-order valence-electron chi connectivity index (χ3n) is 2.93. The molecule has 0 saturated heterocycles. The van der Waals surface area contributed by atoms with Crippen LogP contribution in [0, 0.1) is 18.3 Å². The minimum atomic E-state index is 0.0421. The minimum absolute atomic E-state index is 0.0421. The second kappa shape index (κ2) is 6.39. The van der Waals surface area contributed by atoms with Gasteiger partial charge < -0.3 is 5.73 Å². The number of rotatable bonds is 5. The van der Waals surface area contributed by atoms with Gasteiger partial charge in [0, 0.05) is 25.0 Å². The number of nitriles is 1. The highest BCUT2D eigenvalue weighted by Gasteiger charge is 2.20. The number of aryl methyl sites for hydroxylation is 1. The Morgan fingerprint density at radius 3 is 2.71 bits per heavy atom. The van der Waals surface area contributed by atoms with E-state index >= 15 is 0 Å². The summed E-state index contributed by atoms with van der Waals surface area (Å²) in [5.74, 6) is 0. The second-order valence-electron chi connectivity index (χ2n) is 4.61. The fraction of sp³-hybridized carbons (Fsp3) is 0.500. The maximum absolute atomic E-state index is 8.64. The first-order valence-corrected chi connectivity index (χ1v) is 5.95. The van der Waals surface area contributed by atoms with Crippen molar-refractivity contribution in [2.24, 2.45) is 5.73 Å². The summed E-state index contributed by atoms with van der Waals surface area (Å²) in [6, 6.07) is 10.8. The van der Waals surface area contributed by atoms with Gasteiger partial charge in [0.25, 0.3) is 0 Å². The summed E-state index contributed by atoms with van der Waals surface area (Å²) in [5, 5.41) is 8.64. The first kappa shape index (κ1) is 13.7. The van der Waals surface area contributed by atoms with Crippen molar-refractivity contribution in [1.29, 1.82) is 5.26 Å². The molecule has 2 unspecified atom stereocenters. The molecule has 0 aliphatic rings. The first-order valence-electron chi connectivity index (χ1n) is 5.95. The van der Waals surface area contributed by atoms with Crippen LogP contribution in [-0.2, 0) is 0 Å². The van der Waals surface area contributed by atoms with Crippen molar-refractivity contribution in [3.8, 4) is 6.07 Å². The summed E-state index contributed by atoms with van der Waals surface area (Å²) >= 11 is 0. The zero-order chi connectivity index (χ0) is 12.8. The fourth-order valence-electron chi connectivity index (χ4n) is 2.18. The lowest BCUT2D eigenvalue weighted by Crippen LogP contribution is -2.37. The normalized spacial score (nSPS) is 14.4. The predicted octanol–water partition coefficient (Wildman–Crippen LogP) is 2.23. The van der Waals surface area contributed by atoms with Crippen molar-refractivity contribution in [3.63, 3.8) is 0 Å². The highest BCUT2D eigenvalue weighted by molar-refractivity contribution is 5.26. The Labute approximate surface area is 104 Å². The standard InChI is InChI=1S/C14H21N3/c1-11-6-4-7-13(10-11)14(12(2)16)17(3)9-5-8-15/h4,6-7,10,12,14H,5,9,16H2,1-3H3. The molecule has 0 amide bonds. The maximum Gasteiger partial charge on any atom is 0.0635 e. The maximum atomic E-state index is 8.64. The van der Waals surface area contributed by atoms with Gasteiger partial charge in [0.2, 0.25) is 0 Å². The monoisotopic (exact) mass is 231 g/mol. The molecular formula is C14H21N3. The lowest BCUT2D eigenvalue weighted by atomic mass is 9.98. The predicted molar refractivity (Wildman–Crippen MR) is 70.4 cm³/mol. The van der Waals surface area contributed by atoms with Gasteiger partial charge in [-0.2, -0.15) is 5.26 Å². The van der Waals surface area contributed by atoms with Gasteiger partial charge in [0.15, 0.2) is 0 Å². The van der Waals surface area contributed by atoms with Crippen molar-refractivity contribution >= 4 is 0 Å². The number of nitrogens with two attached hydrogens (primary N) is 1. The number of benzene rings is 1. The Hall–Kier alpha value is -1.37. The van der Waals surface area contributed by atoms with Gasteiger partial charge >= 0.3 is 0 Å². The van der Waals surface area contributed by atoms with Gasteiger partial charge in [-0.15, -0.1) is 0 Å². The van der Waals surface area contributed by atoms with Crippen molar-refractivity contribution in [1.82, 2.24) is 4.90 Å². The molecule has 1 aromatic carbocycles. The van der Waals surface area contributed by atoms with Crippen molar-refractivity contribution in [2.45, 2.75) is 32.4 Å². The zero-order valence-corrected chi connectivity index (χ0v) is 10.9. The van der Waals surface area contributed by atoms with E-state index in [2.05, 4.69) is 42.2 Å². The van der Waals surface area contributed by atoms with E-state index in [9.17, 15) is 0 Å². The van der Waals surface area contributed by atoms with Crippen LogP contribution in [0.25, 0.3) is 0 Å². The van der Waals surface area contributed by atoms with E-state index in [1.807, 2.05) is 14.0 Å². The Morgan fingerprint density at radius 2 is 2.18 bits per heavy atom. The molecule has 0 spiro atoms. The van der Waals surface area contributed by atoms with E-state index in [4.69, 9.17) is 11.0 Å². The highest BCUT2D eigenvalue weighted by Crippen LogP contribution is 2.23. The molecule has 0 aliphatic heterocycles. The van der Waals surface area contributed by atoms with E-state index < -0.39 is 0 Å². The molecule has 0 bridgehead atoms. The van der Waals surface area contributed by atoms with Crippen LogP contribution in [0.15, 0.2) is 24.3 Å². The molecule has 0 radical (unpaired) electrons. The molecule has 17 heavy (non-hydrogen) atoms. The minimum Gasteiger partial charge on any atom is -0.326 e. The number of likely N-dealkylation sites (N-methyl/N-ethyl adjacent to an activating group) is 1. The quantitative estimate of drug-likeness (QED) is 0.845. The summed E-state index contributed by atoms with van der Waals surface area (Å²) in [6.45, 7) is 4.84. The zero-order valence-electron chi connectivity index (χ0n) is 10.9. The molecule has 2 N–H and O–H groups in total. The van der Waals surface area contributed by atoms with Crippen molar-refractivity contribution < 1.29 is 0 Å². The van der Waals surface area contributed by atoms with Crippen LogP contribution in [0.5, 0.6) is 0 Å². The average Bonchev–Trinajstić information content (AvgIpc) is 2.26. The first-order chi connectivity index (χ1) is 8.06. The third-order valence-corrected chi connectivity index (χ3v) is 2.93. The summed E-state index contributed by atoms with van der Waals surface area (Å²) in [5.41, 5.74) is 8.53. The van der Waals surface area contributed by atoms with Gasteiger partial charge in [0.1, 0.15) is 0 Å². The average molecular weight is 231 g/mol. The van der Waals surface area contributed by atoms with Gasteiger partial charge in [-0.25, -0.2) is 0 Å². The largest absolute Gasteiger partial charge is 0.326 e. The van der Waals surface area contributed by atoms with E-state index in [0.29, 0.717) is 6.42 Å². The van der Waals surface area contributed by atoms with Gasteiger partial charge in [0.05, 0.1) is 6.07 Å². The highest BCUT2D eigenvalue weighted by atomic mass is 15.1. The molecule has 3 heteroatoms. The molecule has 3 nitrogen and oxygen atoms in total. The van der Waals surface area contributed by atoms with Gasteiger partial charge in [-0.1, -0.05) is 29.8 Å². The van der Waals surface area contributed by atoms with Crippen molar-refractivity contribution in [2.75, 3.05) is 13.6 Å². The van der Waals surface area contributed by atoms with Crippen LogP contribution in [0.1, 0.15) is 30.5 Å². The van der Waals surface area contributed by atoms with Gasteiger partial charge in [-0.05, 0) is 26.5 Å². The molecule has 1 rings (SSSR count). The molecule has 0 aromatic heterocycles. The Kier molecular flexibility index (Phi) is 5.14. The molecule has 1 aromatic rings. The van der Waals surface area contributed by atoms with Crippen LogP contribution >= 0.6 is 0 Å². The smallest absolute Gasteiger partial charge is 0.0635 e. The van der Waals surface area contributed by atoms with Crippen LogP contribution in [0.3, 0.4) is 0 Å². The number of hydrogen-bond acceptors (Lipinski definition) is 3. The summed E-state index contributed by atoms with van der Waals surface area (Å²) < 4.78 is 0. The van der Waals surface area contributed by atoms with Crippen LogP contribution in [-0.4, -0.2) is 24.5 Å². The van der Waals surface area contributed by atoms with Crippen LogP contribution in [0.4, 0.5) is 0 Å². The number of nitrogens with zero attached hydrogens (tertiary/aromatic N) is 2.